The monoisotopic (exact) mass is 516 g/mol. The number of aromatic nitrogens is 1. The van der Waals surface area contributed by atoms with Gasteiger partial charge in [-0.05, 0) is 31.4 Å². The third-order valence-corrected chi connectivity index (χ3v) is 7.17. The standard InChI is InChI=1S/C26H40N6O5/c1-4-5-6-9-20(18-31(37)19-33)24(34)32-13-8-11-22(32)26(36)30-16-14-29(15-17-30)23-21(10-7-12-27-23)25(35)28(2)3/h7,10,12,19-20,22,37H,4-6,8-9,11,13-18H2,1-3H3/t20-,22+/m1/s1. The van der Waals surface area contributed by atoms with E-state index in [1.54, 1.807) is 42.2 Å². The van der Waals surface area contributed by atoms with E-state index < -0.39 is 12.0 Å². The highest BCUT2D eigenvalue weighted by Gasteiger charge is 2.40. The zero-order valence-electron chi connectivity index (χ0n) is 22.2. The highest BCUT2D eigenvalue weighted by molar-refractivity contribution is 5.98. The van der Waals surface area contributed by atoms with Crippen molar-refractivity contribution in [3.05, 3.63) is 23.9 Å². The number of amides is 4. The van der Waals surface area contributed by atoms with Crippen molar-refractivity contribution in [2.75, 3.05) is 58.3 Å². The number of hydrogen-bond acceptors (Lipinski definition) is 7. The van der Waals surface area contributed by atoms with Gasteiger partial charge in [0, 0.05) is 53.0 Å². The zero-order valence-corrected chi connectivity index (χ0v) is 22.2. The van der Waals surface area contributed by atoms with E-state index in [1.807, 2.05) is 4.90 Å². The lowest BCUT2D eigenvalue weighted by Crippen LogP contribution is -2.55. The molecule has 2 saturated heterocycles. The minimum absolute atomic E-state index is 0.0692. The Hall–Kier alpha value is -3.21. The quantitative estimate of drug-likeness (QED) is 0.205. The molecule has 1 aromatic rings. The second kappa shape index (κ2) is 13.4. The summed E-state index contributed by atoms with van der Waals surface area (Å²) in [6.07, 6.45) is 6.65. The van der Waals surface area contributed by atoms with Crippen LogP contribution in [0.2, 0.25) is 0 Å². The molecule has 0 spiro atoms. The molecule has 2 aliphatic rings. The van der Waals surface area contributed by atoms with Gasteiger partial charge in [-0.2, -0.15) is 0 Å². The van der Waals surface area contributed by atoms with Crippen molar-refractivity contribution in [2.45, 2.75) is 51.5 Å². The highest BCUT2D eigenvalue weighted by atomic mass is 16.5. The van der Waals surface area contributed by atoms with Crippen LogP contribution in [0, 0.1) is 5.92 Å². The fourth-order valence-corrected chi connectivity index (χ4v) is 5.13. The van der Waals surface area contributed by atoms with Gasteiger partial charge in [-0.1, -0.05) is 26.2 Å². The number of likely N-dealkylation sites (tertiary alicyclic amines) is 1. The van der Waals surface area contributed by atoms with E-state index in [9.17, 15) is 24.4 Å². The van der Waals surface area contributed by atoms with Crippen molar-refractivity contribution in [3.63, 3.8) is 0 Å². The molecular weight excluding hydrogens is 476 g/mol. The Morgan fingerprint density at radius 3 is 2.54 bits per heavy atom. The summed E-state index contributed by atoms with van der Waals surface area (Å²) >= 11 is 0. The summed E-state index contributed by atoms with van der Waals surface area (Å²) in [6.45, 7) is 4.52. The minimum atomic E-state index is -0.538. The van der Waals surface area contributed by atoms with Gasteiger partial charge in [0.15, 0.2) is 0 Å². The summed E-state index contributed by atoms with van der Waals surface area (Å²) in [5.74, 6) is -0.286. The molecule has 204 valence electrons. The van der Waals surface area contributed by atoms with Crippen LogP contribution < -0.4 is 4.90 Å². The van der Waals surface area contributed by atoms with E-state index in [2.05, 4.69) is 11.9 Å². The predicted molar refractivity (Wildman–Crippen MR) is 138 cm³/mol. The molecular formula is C26H40N6O5. The molecule has 3 rings (SSSR count). The van der Waals surface area contributed by atoms with Crippen LogP contribution in [0.25, 0.3) is 0 Å². The number of carbonyl (C=O) groups is 4. The van der Waals surface area contributed by atoms with Gasteiger partial charge in [0.25, 0.3) is 5.91 Å². The van der Waals surface area contributed by atoms with Crippen LogP contribution in [0.1, 0.15) is 55.8 Å². The van der Waals surface area contributed by atoms with Gasteiger partial charge in [-0.3, -0.25) is 24.4 Å². The summed E-state index contributed by atoms with van der Waals surface area (Å²) < 4.78 is 0. The number of rotatable bonds is 11. The Morgan fingerprint density at radius 2 is 1.89 bits per heavy atom. The van der Waals surface area contributed by atoms with Crippen molar-refractivity contribution in [1.29, 1.82) is 0 Å². The molecule has 1 N–H and O–H groups in total. The third kappa shape index (κ3) is 6.97. The summed E-state index contributed by atoms with van der Waals surface area (Å²) in [7, 11) is 3.41. The van der Waals surface area contributed by atoms with Crippen LogP contribution in [0.5, 0.6) is 0 Å². The Balaban J connectivity index is 1.65. The molecule has 11 nitrogen and oxygen atoms in total. The topological polar surface area (TPSA) is 118 Å². The number of nitrogens with zero attached hydrogens (tertiary/aromatic N) is 6. The molecule has 3 heterocycles. The van der Waals surface area contributed by atoms with E-state index in [1.165, 1.54) is 4.90 Å². The molecule has 0 unspecified atom stereocenters. The van der Waals surface area contributed by atoms with Gasteiger partial charge in [0.05, 0.1) is 18.0 Å². The minimum Gasteiger partial charge on any atom is -0.352 e. The summed E-state index contributed by atoms with van der Waals surface area (Å²) in [5.41, 5.74) is 0.530. The molecule has 37 heavy (non-hydrogen) atoms. The number of unbranched alkanes of at least 4 members (excludes halogenated alkanes) is 2. The fourth-order valence-electron chi connectivity index (χ4n) is 5.13. The number of carbonyl (C=O) groups excluding carboxylic acids is 4. The lowest BCUT2D eigenvalue weighted by atomic mass is 9.98. The van der Waals surface area contributed by atoms with Gasteiger partial charge < -0.3 is 19.6 Å². The molecule has 11 heteroatoms. The Labute approximate surface area is 218 Å². The molecule has 2 atom stereocenters. The maximum Gasteiger partial charge on any atom is 0.257 e. The fraction of sp³-hybridized carbons (Fsp3) is 0.654. The van der Waals surface area contributed by atoms with Crippen molar-refractivity contribution in [3.8, 4) is 0 Å². The van der Waals surface area contributed by atoms with Crippen LogP contribution in [0.4, 0.5) is 5.82 Å². The van der Waals surface area contributed by atoms with Crippen LogP contribution in [-0.4, -0.2) is 113 Å². The van der Waals surface area contributed by atoms with Gasteiger partial charge >= 0.3 is 0 Å². The van der Waals surface area contributed by atoms with Crippen molar-refractivity contribution in [2.24, 2.45) is 5.92 Å². The van der Waals surface area contributed by atoms with Crippen molar-refractivity contribution >= 4 is 29.9 Å². The van der Waals surface area contributed by atoms with Gasteiger partial charge in [0.1, 0.15) is 11.9 Å². The first kappa shape index (κ1) is 28.4. The molecule has 2 aliphatic heterocycles. The first-order valence-corrected chi connectivity index (χ1v) is 13.2. The van der Waals surface area contributed by atoms with Crippen molar-refractivity contribution in [1.82, 2.24) is 24.7 Å². The molecule has 0 saturated carbocycles. The largest absolute Gasteiger partial charge is 0.352 e. The van der Waals surface area contributed by atoms with Crippen LogP contribution in [0.15, 0.2) is 18.3 Å². The molecule has 0 bridgehead atoms. The average Bonchev–Trinajstić information content (AvgIpc) is 3.41. The molecule has 0 radical (unpaired) electrons. The van der Waals surface area contributed by atoms with E-state index in [4.69, 9.17) is 0 Å². The highest BCUT2D eigenvalue weighted by Crippen LogP contribution is 2.26. The van der Waals surface area contributed by atoms with Crippen LogP contribution in [-0.2, 0) is 14.4 Å². The summed E-state index contributed by atoms with van der Waals surface area (Å²) in [6, 6.07) is 2.97. The van der Waals surface area contributed by atoms with Gasteiger partial charge in [-0.25, -0.2) is 10.0 Å². The second-order valence-corrected chi connectivity index (χ2v) is 10.00. The predicted octanol–water partition coefficient (Wildman–Crippen LogP) is 1.47. The number of pyridine rings is 1. The average molecular weight is 517 g/mol. The molecule has 0 aromatic carbocycles. The normalized spacial score (nSPS) is 18.5. The molecule has 4 amide bonds. The Morgan fingerprint density at radius 1 is 1.16 bits per heavy atom. The second-order valence-electron chi connectivity index (χ2n) is 10.00. The lowest BCUT2D eigenvalue weighted by molar-refractivity contribution is -0.158. The van der Waals surface area contributed by atoms with Gasteiger partial charge in [-0.15, -0.1) is 0 Å². The van der Waals surface area contributed by atoms with E-state index >= 15 is 0 Å². The van der Waals surface area contributed by atoms with Crippen LogP contribution >= 0.6 is 0 Å². The molecule has 1 aromatic heterocycles. The Kier molecular flexibility index (Phi) is 10.2. The number of anilines is 1. The van der Waals surface area contributed by atoms with Crippen LogP contribution in [0.3, 0.4) is 0 Å². The number of piperazine rings is 1. The van der Waals surface area contributed by atoms with E-state index in [0.29, 0.717) is 68.4 Å². The molecule has 0 aliphatic carbocycles. The van der Waals surface area contributed by atoms with E-state index in [0.717, 1.165) is 25.7 Å². The van der Waals surface area contributed by atoms with E-state index in [-0.39, 0.29) is 24.3 Å². The maximum atomic E-state index is 13.5. The number of hydroxylamine groups is 2. The number of hydrogen-bond donors (Lipinski definition) is 1. The van der Waals surface area contributed by atoms with Crippen molar-refractivity contribution < 1.29 is 24.4 Å². The first-order valence-electron chi connectivity index (χ1n) is 13.2. The lowest BCUT2D eigenvalue weighted by Gasteiger charge is -2.38. The van der Waals surface area contributed by atoms with Gasteiger partial charge in [0.2, 0.25) is 18.2 Å². The third-order valence-electron chi connectivity index (χ3n) is 7.17. The zero-order chi connectivity index (χ0) is 26.9. The SMILES string of the molecule is CCCCC[C@H](CN(O)C=O)C(=O)N1CCC[C@H]1C(=O)N1CCN(c2ncccc2C(=O)N(C)C)CC1. The smallest absolute Gasteiger partial charge is 0.257 e. The summed E-state index contributed by atoms with van der Waals surface area (Å²) in [4.78, 5) is 61.9. The maximum absolute atomic E-state index is 13.5. The molecule has 2 fully saturated rings. The first-order chi connectivity index (χ1) is 17.8. The Bertz CT molecular complexity index is 949. The summed E-state index contributed by atoms with van der Waals surface area (Å²) in [5, 5.41) is 10.3.